The maximum atomic E-state index is 11.9. The molecule has 0 amide bonds. The molecule has 1 aliphatic rings. The summed E-state index contributed by atoms with van der Waals surface area (Å²) in [6.45, 7) is 6.13. The maximum absolute atomic E-state index is 11.9. The number of likely N-dealkylation sites (tertiary alicyclic amines) is 1. The average molecular weight is 296 g/mol. The first-order chi connectivity index (χ1) is 9.44. The van der Waals surface area contributed by atoms with Crippen molar-refractivity contribution in [1.82, 2.24) is 10.2 Å². The second kappa shape index (κ2) is 8.85. The van der Waals surface area contributed by atoms with E-state index in [0.29, 0.717) is 18.5 Å². The molecule has 6 heteroatoms. The molecule has 1 rings (SSSR count). The molecule has 0 saturated carbocycles. The SMILES string of the molecule is CCNC(C)C1CCCCN1CCCOCC(F)(F)F. The number of nitrogens with one attached hydrogen (secondary N) is 1. The molecule has 2 unspecified atom stereocenters. The van der Waals surface area contributed by atoms with Gasteiger partial charge in [-0.1, -0.05) is 13.3 Å². The topological polar surface area (TPSA) is 24.5 Å². The highest BCUT2D eigenvalue weighted by Gasteiger charge is 2.28. The Morgan fingerprint density at radius 2 is 2.10 bits per heavy atom. The lowest BCUT2D eigenvalue weighted by atomic mass is 9.96. The fraction of sp³-hybridized carbons (Fsp3) is 1.00. The quantitative estimate of drug-likeness (QED) is 0.697. The van der Waals surface area contributed by atoms with Gasteiger partial charge < -0.3 is 10.1 Å². The Kier molecular flexibility index (Phi) is 7.84. The standard InChI is InChI=1S/C14H27F3N2O/c1-3-18-12(2)13-7-4-5-8-19(13)9-6-10-20-11-14(15,16)17/h12-13,18H,3-11H2,1-2H3. The van der Waals surface area contributed by atoms with Crippen LogP contribution in [-0.2, 0) is 4.74 Å². The molecule has 1 N–H and O–H groups in total. The fourth-order valence-electron chi connectivity index (χ4n) is 2.88. The fourth-order valence-corrected chi connectivity index (χ4v) is 2.88. The van der Waals surface area contributed by atoms with Crippen LogP contribution in [0.15, 0.2) is 0 Å². The van der Waals surface area contributed by atoms with Crippen LogP contribution in [0.25, 0.3) is 0 Å². The monoisotopic (exact) mass is 296 g/mol. The molecule has 0 aromatic carbocycles. The minimum absolute atomic E-state index is 0.179. The first-order valence-electron chi connectivity index (χ1n) is 7.56. The van der Waals surface area contributed by atoms with Crippen molar-refractivity contribution in [3.05, 3.63) is 0 Å². The number of piperidine rings is 1. The Morgan fingerprint density at radius 3 is 2.75 bits per heavy atom. The summed E-state index contributed by atoms with van der Waals surface area (Å²) in [7, 11) is 0. The number of hydrogen-bond donors (Lipinski definition) is 1. The predicted octanol–water partition coefficient (Wildman–Crippen LogP) is 2.81. The van der Waals surface area contributed by atoms with E-state index < -0.39 is 12.8 Å². The van der Waals surface area contributed by atoms with Crippen LogP contribution < -0.4 is 5.32 Å². The molecule has 120 valence electrons. The summed E-state index contributed by atoms with van der Waals surface area (Å²) in [4.78, 5) is 2.40. The summed E-state index contributed by atoms with van der Waals surface area (Å²) in [5.41, 5.74) is 0. The van der Waals surface area contributed by atoms with Crippen LogP contribution in [0, 0.1) is 0 Å². The molecular weight excluding hydrogens is 269 g/mol. The number of alkyl halides is 3. The number of ether oxygens (including phenoxy) is 1. The molecule has 2 atom stereocenters. The van der Waals surface area contributed by atoms with Crippen molar-refractivity contribution >= 4 is 0 Å². The molecule has 1 fully saturated rings. The minimum atomic E-state index is -4.22. The molecule has 1 heterocycles. The molecule has 20 heavy (non-hydrogen) atoms. The highest BCUT2D eigenvalue weighted by atomic mass is 19.4. The molecule has 0 radical (unpaired) electrons. The Labute approximate surface area is 119 Å². The molecule has 0 bridgehead atoms. The van der Waals surface area contributed by atoms with Gasteiger partial charge in [-0.15, -0.1) is 0 Å². The van der Waals surface area contributed by atoms with Gasteiger partial charge in [0.15, 0.2) is 0 Å². The summed E-state index contributed by atoms with van der Waals surface area (Å²) in [6.07, 6.45) is 0.0243. The Bertz CT molecular complexity index is 261. The average Bonchev–Trinajstić information content (AvgIpc) is 2.38. The van der Waals surface area contributed by atoms with E-state index in [2.05, 4.69) is 28.8 Å². The lowest BCUT2D eigenvalue weighted by molar-refractivity contribution is -0.174. The van der Waals surface area contributed by atoms with Crippen molar-refractivity contribution in [2.24, 2.45) is 0 Å². The molecule has 0 aliphatic carbocycles. The van der Waals surface area contributed by atoms with Crippen LogP contribution in [0.5, 0.6) is 0 Å². The van der Waals surface area contributed by atoms with E-state index in [1.807, 2.05) is 0 Å². The number of rotatable bonds is 8. The normalized spacial score (nSPS) is 22.9. The zero-order valence-corrected chi connectivity index (χ0v) is 12.5. The second-order valence-corrected chi connectivity index (χ2v) is 5.47. The second-order valence-electron chi connectivity index (χ2n) is 5.47. The van der Waals surface area contributed by atoms with E-state index in [-0.39, 0.29) is 6.61 Å². The van der Waals surface area contributed by atoms with Crippen LogP contribution in [0.1, 0.15) is 39.5 Å². The van der Waals surface area contributed by atoms with Gasteiger partial charge >= 0.3 is 6.18 Å². The lowest BCUT2D eigenvalue weighted by Crippen LogP contribution is -2.51. The van der Waals surface area contributed by atoms with Crippen LogP contribution >= 0.6 is 0 Å². The number of nitrogens with zero attached hydrogens (tertiary/aromatic N) is 1. The Hall–Kier alpha value is -0.330. The Balaban J connectivity index is 2.25. The van der Waals surface area contributed by atoms with E-state index in [0.717, 1.165) is 26.1 Å². The van der Waals surface area contributed by atoms with Gasteiger partial charge in [0.05, 0.1) is 0 Å². The van der Waals surface area contributed by atoms with E-state index in [9.17, 15) is 13.2 Å². The number of hydrogen-bond acceptors (Lipinski definition) is 3. The Morgan fingerprint density at radius 1 is 1.35 bits per heavy atom. The molecule has 0 spiro atoms. The van der Waals surface area contributed by atoms with Crippen molar-refractivity contribution in [3.8, 4) is 0 Å². The van der Waals surface area contributed by atoms with Crippen molar-refractivity contribution in [2.75, 3.05) is 32.8 Å². The third kappa shape index (κ3) is 6.90. The molecule has 1 saturated heterocycles. The van der Waals surface area contributed by atoms with Crippen molar-refractivity contribution in [3.63, 3.8) is 0 Å². The van der Waals surface area contributed by atoms with Crippen LogP contribution in [0.4, 0.5) is 13.2 Å². The highest BCUT2D eigenvalue weighted by molar-refractivity contribution is 4.84. The summed E-state index contributed by atoms with van der Waals surface area (Å²) < 4.78 is 40.5. The lowest BCUT2D eigenvalue weighted by Gasteiger charge is -2.39. The highest BCUT2D eigenvalue weighted by Crippen LogP contribution is 2.20. The summed E-state index contributed by atoms with van der Waals surface area (Å²) in [6, 6.07) is 0.919. The third-order valence-electron chi connectivity index (χ3n) is 3.77. The van der Waals surface area contributed by atoms with E-state index >= 15 is 0 Å². The van der Waals surface area contributed by atoms with Crippen molar-refractivity contribution < 1.29 is 17.9 Å². The predicted molar refractivity (Wildman–Crippen MR) is 73.8 cm³/mol. The largest absolute Gasteiger partial charge is 0.411 e. The van der Waals surface area contributed by atoms with E-state index in [1.54, 1.807) is 0 Å². The first-order valence-corrected chi connectivity index (χ1v) is 7.56. The molecular formula is C14H27F3N2O. The summed E-state index contributed by atoms with van der Waals surface area (Å²) in [5, 5.41) is 3.44. The van der Waals surface area contributed by atoms with E-state index in [4.69, 9.17) is 0 Å². The molecule has 0 aromatic rings. The zero-order valence-electron chi connectivity index (χ0n) is 12.5. The first kappa shape index (κ1) is 17.7. The van der Waals surface area contributed by atoms with E-state index in [1.165, 1.54) is 12.8 Å². The van der Waals surface area contributed by atoms with Gasteiger partial charge in [0.25, 0.3) is 0 Å². The summed E-state index contributed by atoms with van der Waals surface area (Å²) >= 11 is 0. The summed E-state index contributed by atoms with van der Waals surface area (Å²) in [5.74, 6) is 0. The van der Waals surface area contributed by atoms with Crippen molar-refractivity contribution in [2.45, 2.75) is 57.8 Å². The van der Waals surface area contributed by atoms with Gasteiger partial charge in [0.1, 0.15) is 6.61 Å². The van der Waals surface area contributed by atoms with Crippen molar-refractivity contribution in [1.29, 1.82) is 0 Å². The zero-order chi connectivity index (χ0) is 15.0. The van der Waals surface area contributed by atoms with Gasteiger partial charge in [-0.2, -0.15) is 13.2 Å². The molecule has 0 aromatic heterocycles. The van der Waals surface area contributed by atoms with Gasteiger partial charge in [-0.05, 0) is 39.3 Å². The van der Waals surface area contributed by atoms with Crippen LogP contribution in [0.2, 0.25) is 0 Å². The maximum Gasteiger partial charge on any atom is 0.411 e. The van der Waals surface area contributed by atoms with Gasteiger partial charge in [0.2, 0.25) is 0 Å². The third-order valence-corrected chi connectivity index (χ3v) is 3.77. The molecule has 1 aliphatic heterocycles. The van der Waals surface area contributed by atoms with Gasteiger partial charge in [-0.3, -0.25) is 4.90 Å². The van der Waals surface area contributed by atoms with Crippen LogP contribution in [-0.4, -0.2) is 56.0 Å². The smallest absolute Gasteiger partial charge is 0.372 e. The van der Waals surface area contributed by atoms with Gasteiger partial charge in [0, 0.05) is 25.2 Å². The molecule has 3 nitrogen and oxygen atoms in total. The number of halogens is 3. The van der Waals surface area contributed by atoms with Gasteiger partial charge in [-0.25, -0.2) is 0 Å². The number of likely N-dealkylation sites (N-methyl/N-ethyl adjacent to an activating group) is 1. The van der Waals surface area contributed by atoms with Crippen LogP contribution in [0.3, 0.4) is 0 Å². The minimum Gasteiger partial charge on any atom is -0.372 e.